The zero-order valence-electron chi connectivity index (χ0n) is 8.44. The van der Waals surface area contributed by atoms with Crippen molar-refractivity contribution in [1.82, 2.24) is 15.0 Å². The number of aromatic nitrogens is 3. The van der Waals surface area contributed by atoms with Crippen LogP contribution < -0.4 is 5.73 Å². The van der Waals surface area contributed by atoms with Crippen LogP contribution in [0.3, 0.4) is 0 Å². The quantitative estimate of drug-likeness (QED) is 0.774. The molecule has 0 atom stereocenters. The Balaban J connectivity index is 1.87. The molecule has 2 rings (SSSR count). The number of ether oxygens (including phenoxy) is 1. The molecule has 1 aromatic rings. The summed E-state index contributed by atoms with van der Waals surface area (Å²) in [5.41, 5.74) is 5.57. The molecule has 0 spiro atoms. The van der Waals surface area contributed by atoms with Crippen molar-refractivity contribution < 1.29 is 4.74 Å². The molecule has 0 bridgehead atoms. The first-order valence-corrected chi connectivity index (χ1v) is 4.95. The second-order valence-corrected chi connectivity index (χ2v) is 3.90. The Kier molecular flexibility index (Phi) is 2.41. The van der Waals surface area contributed by atoms with E-state index in [9.17, 15) is 0 Å². The van der Waals surface area contributed by atoms with Gasteiger partial charge in [-0.3, -0.25) is 4.68 Å². The van der Waals surface area contributed by atoms with E-state index in [0.717, 1.165) is 25.8 Å². The lowest BCUT2D eigenvalue weighted by Gasteiger charge is -2.40. The molecule has 0 saturated heterocycles. The van der Waals surface area contributed by atoms with E-state index in [0.29, 0.717) is 5.82 Å². The molecule has 0 aromatic carbocycles. The number of anilines is 1. The van der Waals surface area contributed by atoms with Crippen LogP contribution in [0.25, 0.3) is 0 Å². The predicted molar refractivity (Wildman–Crippen MR) is 52.6 cm³/mol. The zero-order chi connectivity index (χ0) is 10.0. The molecule has 0 unspecified atom stereocenters. The molecule has 1 aliphatic carbocycles. The van der Waals surface area contributed by atoms with Gasteiger partial charge in [0.25, 0.3) is 0 Å². The van der Waals surface area contributed by atoms with Gasteiger partial charge >= 0.3 is 0 Å². The Labute approximate surface area is 83.2 Å². The smallest absolute Gasteiger partial charge is 0.165 e. The van der Waals surface area contributed by atoms with Crippen molar-refractivity contribution >= 4 is 5.82 Å². The van der Waals surface area contributed by atoms with Crippen LogP contribution in [-0.4, -0.2) is 27.7 Å². The third-order valence-corrected chi connectivity index (χ3v) is 3.05. The summed E-state index contributed by atoms with van der Waals surface area (Å²) < 4.78 is 7.28. The summed E-state index contributed by atoms with van der Waals surface area (Å²) in [6.07, 6.45) is 6.34. The van der Waals surface area contributed by atoms with Gasteiger partial charge in [-0.25, -0.2) is 0 Å². The predicted octanol–water partition coefficient (Wildman–Crippen LogP) is 0.819. The van der Waals surface area contributed by atoms with Crippen molar-refractivity contribution in [1.29, 1.82) is 0 Å². The molecule has 78 valence electrons. The number of hydrogen-bond acceptors (Lipinski definition) is 4. The Morgan fingerprint density at radius 2 is 2.43 bits per heavy atom. The Morgan fingerprint density at radius 1 is 1.64 bits per heavy atom. The molecular formula is C9H16N4O. The minimum absolute atomic E-state index is 0.0979. The number of rotatable bonds is 4. The number of nitrogens with zero attached hydrogens (tertiary/aromatic N) is 3. The summed E-state index contributed by atoms with van der Waals surface area (Å²) in [6.45, 7) is 0.831. The van der Waals surface area contributed by atoms with Crippen molar-refractivity contribution in [3.8, 4) is 0 Å². The van der Waals surface area contributed by atoms with E-state index in [1.54, 1.807) is 18.0 Å². The van der Waals surface area contributed by atoms with Gasteiger partial charge in [0.05, 0.1) is 11.8 Å². The van der Waals surface area contributed by atoms with E-state index in [1.165, 1.54) is 6.42 Å². The highest BCUT2D eigenvalue weighted by Crippen LogP contribution is 2.38. The van der Waals surface area contributed by atoms with Crippen molar-refractivity contribution in [2.24, 2.45) is 0 Å². The van der Waals surface area contributed by atoms with E-state index >= 15 is 0 Å². The summed E-state index contributed by atoms with van der Waals surface area (Å²) in [5.74, 6) is 0.477. The van der Waals surface area contributed by atoms with Gasteiger partial charge in [0.1, 0.15) is 0 Å². The van der Waals surface area contributed by atoms with E-state index in [4.69, 9.17) is 10.5 Å². The van der Waals surface area contributed by atoms with Crippen LogP contribution in [0.4, 0.5) is 5.82 Å². The lowest BCUT2D eigenvalue weighted by Crippen LogP contribution is -2.40. The van der Waals surface area contributed by atoms with E-state index < -0.39 is 0 Å². The summed E-state index contributed by atoms with van der Waals surface area (Å²) in [4.78, 5) is 0. The van der Waals surface area contributed by atoms with Gasteiger partial charge in [-0.05, 0) is 25.7 Å². The topological polar surface area (TPSA) is 66.0 Å². The van der Waals surface area contributed by atoms with Gasteiger partial charge in [-0.15, -0.1) is 5.10 Å². The molecule has 0 aliphatic heterocycles. The van der Waals surface area contributed by atoms with Crippen LogP contribution >= 0.6 is 0 Å². The molecule has 0 radical (unpaired) electrons. The fourth-order valence-corrected chi connectivity index (χ4v) is 1.87. The third-order valence-electron chi connectivity index (χ3n) is 3.05. The lowest BCUT2D eigenvalue weighted by atomic mass is 9.77. The third kappa shape index (κ3) is 1.72. The van der Waals surface area contributed by atoms with Crippen molar-refractivity contribution in [2.45, 2.75) is 37.8 Å². The molecule has 0 amide bonds. The highest BCUT2D eigenvalue weighted by molar-refractivity contribution is 5.19. The van der Waals surface area contributed by atoms with Crippen molar-refractivity contribution in [2.75, 3.05) is 12.8 Å². The van der Waals surface area contributed by atoms with Gasteiger partial charge in [-0.1, -0.05) is 5.21 Å². The van der Waals surface area contributed by atoms with Crippen LogP contribution in [0.5, 0.6) is 0 Å². The minimum atomic E-state index is 0.0979. The standard InChI is InChI=1S/C9H16N4O/c1-14-9(3-2-4-9)5-6-13-7-8(10)11-12-13/h7H,2-6,10H2,1H3. The van der Waals surface area contributed by atoms with Crippen LogP contribution in [0.1, 0.15) is 25.7 Å². The summed E-state index contributed by atoms with van der Waals surface area (Å²) in [5, 5.41) is 7.63. The summed E-state index contributed by atoms with van der Waals surface area (Å²) in [6, 6.07) is 0. The number of aryl methyl sites for hydroxylation is 1. The van der Waals surface area contributed by atoms with E-state index in [-0.39, 0.29) is 5.60 Å². The number of methoxy groups -OCH3 is 1. The molecular weight excluding hydrogens is 180 g/mol. The first-order valence-electron chi connectivity index (χ1n) is 4.95. The highest BCUT2D eigenvalue weighted by Gasteiger charge is 2.36. The second kappa shape index (κ2) is 3.57. The monoisotopic (exact) mass is 196 g/mol. The number of hydrogen-bond donors (Lipinski definition) is 1. The van der Waals surface area contributed by atoms with Crippen LogP contribution in [0.2, 0.25) is 0 Å². The largest absolute Gasteiger partial charge is 0.381 e. The average Bonchev–Trinajstić information content (AvgIpc) is 2.50. The maximum absolute atomic E-state index is 5.51. The Bertz CT molecular complexity index is 300. The minimum Gasteiger partial charge on any atom is -0.381 e. The van der Waals surface area contributed by atoms with Crippen LogP contribution in [0, 0.1) is 0 Å². The van der Waals surface area contributed by atoms with E-state index in [2.05, 4.69) is 10.3 Å². The van der Waals surface area contributed by atoms with Gasteiger partial charge in [-0.2, -0.15) is 0 Å². The first-order chi connectivity index (χ1) is 6.74. The van der Waals surface area contributed by atoms with Gasteiger partial charge < -0.3 is 10.5 Å². The molecule has 1 fully saturated rings. The SMILES string of the molecule is COC1(CCn2cc(N)nn2)CCC1. The maximum Gasteiger partial charge on any atom is 0.165 e. The normalized spacial score (nSPS) is 19.2. The maximum atomic E-state index is 5.51. The Hall–Kier alpha value is -1.10. The van der Waals surface area contributed by atoms with Gasteiger partial charge in [0.15, 0.2) is 5.82 Å². The second-order valence-electron chi connectivity index (χ2n) is 3.90. The average molecular weight is 196 g/mol. The molecule has 1 aliphatic rings. The van der Waals surface area contributed by atoms with Gasteiger partial charge in [0, 0.05) is 13.7 Å². The highest BCUT2D eigenvalue weighted by atomic mass is 16.5. The molecule has 1 heterocycles. The summed E-state index contributed by atoms with van der Waals surface area (Å²) >= 11 is 0. The fraction of sp³-hybridized carbons (Fsp3) is 0.778. The molecule has 5 nitrogen and oxygen atoms in total. The van der Waals surface area contributed by atoms with Crippen LogP contribution in [0.15, 0.2) is 6.20 Å². The van der Waals surface area contributed by atoms with Crippen molar-refractivity contribution in [3.63, 3.8) is 0 Å². The Morgan fingerprint density at radius 3 is 2.86 bits per heavy atom. The van der Waals surface area contributed by atoms with E-state index in [1.807, 2.05) is 0 Å². The number of nitrogens with two attached hydrogens (primary N) is 1. The molecule has 1 saturated carbocycles. The lowest BCUT2D eigenvalue weighted by molar-refractivity contribution is -0.0805. The first kappa shape index (κ1) is 9.45. The summed E-state index contributed by atoms with van der Waals surface area (Å²) in [7, 11) is 1.79. The van der Waals surface area contributed by atoms with Crippen molar-refractivity contribution in [3.05, 3.63) is 6.20 Å². The molecule has 1 aromatic heterocycles. The molecule has 5 heteroatoms. The van der Waals surface area contributed by atoms with Gasteiger partial charge in [0.2, 0.25) is 0 Å². The zero-order valence-corrected chi connectivity index (χ0v) is 8.44. The molecule has 2 N–H and O–H groups in total. The van der Waals surface area contributed by atoms with Crippen LogP contribution in [-0.2, 0) is 11.3 Å². The number of nitrogen functional groups attached to an aromatic ring is 1. The molecule has 14 heavy (non-hydrogen) atoms. The fourth-order valence-electron chi connectivity index (χ4n) is 1.87.